The molecule has 1 aliphatic rings. The molecule has 0 heterocycles. The summed E-state index contributed by atoms with van der Waals surface area (Å²) in [5.74, 6) is 0.679. The molecule has 3 rings (SSSR count). The minimum atomic E-state index is -0.464. The van der Waals surface area contributed by atoms with Crippen molar-refractivity contribution in [2.75, 3.05) is 14.2 Å². The van der Waals surface area contributed by atoms with E-state index in [1.54, 1.807) is 37.3 Å². The van der Waals surface area contributed by atoms with Crippen molar-refractivity contribution in [1.29, 1.82) is 0 Å². The lowest BCUT2D eigenvalue weighted by atomic mass is 10.1. The number of carbonyl (C=O) groups excluding carboxylic acids is 2. The van der Waals surface area contributed by atoms with E-state index in [0.717, 1.165) is 23.3 Å². The van der Waals surface area contributed by atoms with Crippen LogP contribution in [0.1, 0.15) is 33.8 Å². The van der Waals surface area contributed by atoms with Gasteiger partial charge in [-0.05, 0) is 41.7 Å². The maximum atomic E-state index is 12.7. The zero-order valence-electron chi connectivity index (χ0n) is 14.4. The fourth-order valence-electron chi connectivity index (χ4n) is 3.24. The summed E-state index contributed by atoms with van der Waals surface area (Å²) >= 11 is 0. The number of benzene rings is 2. The molecule has 0 unspecified atom stereocenters. The quantitative estimate of drug-likeness (QED) is 0.880. The van der Waals surface area contributed by atoms with Crippen LogP contribution in [0.25, 0.3) is 0 Å². The molecule has 25 heavy (non-hydrogen) atoms. The van der Waals surface area contributed by atoms with Gasteiger partial charge in [0.1, 0.15) is 5.75 Å². The molecule has 0 bridgehead atoms. The van der Waals surface area contributed by atoms with Crippen LogP contribution in [0.15, 0.2) is 48.5 Å². The average Bonchev–Trinajstić information content (AvgIpc) is 3.41. The molecule has 2 amide bonds. The van der Waals surface area contributed by atoms with Crippen molar-refractivity contribution in [3.8, 4) is 5.75 Å². The summed E-state index contributed by atoms with van der Waals surface area (Å²) in [5.41, 5.74) is 7.75. The van der Waals surface area contributed by atoms with Crippen molar-refractivity contribution in [2.45, 2.75) is 18.9 Å². The first-order chi connectivity index (χ1) is 12.0. The van der Waals surface area contributed by atoms with E-state index in [2.05, 4.69) is 0 Å². The first-order valence-electron chi connectivity index (χ1n) is 8.28. The Morgan fingerprint density at radius 3 is 2.68 bits per heavy atom. The van der Waals surface area contributed by atoms with Gasteiger partial charge in [-0.2, -0.15) is 0 Å². The van der Waals surface area contributed by atoms with Crippen molar-refractivity contribution >= 4 is 11.8 Å². The topological polar surface area (TPSA) is 72.6 Å². The molecule has 0 spiro atoms. The lowest BCUT2D eigenvalue weighted by Gasteiger charge is -2.18. The zero-order valence-corrected chi connectivity index (χ0v) is 14.4. The molecular weight excluding hydrogens is 316 g/mol. The number of hydrogen-bond acceptors (Lipinski definition) is 3. The molecule has 1 fully saturated rings. The van der Waals surface area contributed by atoms with Gasteiger partial charge in [0.25, 0.3) is 0 Å². The molecule has 130 valence electrons. The van der Waals surface area contributed by atoms with E-state index in [1.165, 1.54) is 0 Å². The third kappa shape index (κ3) is 3.65. The van der Waals surface area contributed by atoms with Gasteiger partial charge in [0.05, 0.1) is 7.11 Å². The smallest absolute Gasteiger partial charge is 0.248 e. The van der Waals surface area contributed by atoms with Crippen molar-refractivity contribution in [3.63, 3.8) is 0 Å². The van der Waals surface area contributed by atoms with E-state index in [1.807, 2.05) is 30.3 Å². The van der Waals surface area contributed by atoms with Crippen LogP contribution in [-0.4, -0.2) is 30.9 Å². The monoisotopic (exact) mass is 338 g/mol. The van der Waals surface area contributed by atoms with E-state index in [4.69, 9.17) is 10.5 Å². The van der Waals surface area contributed by atoms with Gasteiger partial charge in [-0.3, -0.25) is 9.59 Å². The van der Waals surface area contributed by atoms with Crippen LogP contribution in [0.3, 0.4) is 0 Å². The summed E-state index contributed by atoms with van der Waals surface area (Å²) in [6, 6.07) is 14.9. The van der Waals surface area contributed by atoms with Crippen molar-refractivity contribution in [1.82, 2.24) is 4.90 Å². The molecule has 2 aromatic rings. The van der Waals surface area contributed by atoms with Crippen LogP contribution in [0.2, 0.25) is 0 Å². The molecular formula is C20H22N2O3. The summed E-state index contributed by atoms with van der Waals surface area (Å²) in [7, 11) is 3.44. The fourth-order valence-corrected chi connectivity index (χ4v) is 3.24. The Kier molecular flexibility index (Phi) is 4.74. The summed E-state index contributed by atoms with van der Waals surface area (Å²) in [4.78, 5) is 25.7. The molecule has 0 aliphatic heterocycles. The normalized spacial score (nSPS) is 18.5. The first kappa shape index (κ1) is 17.0. The number of amides is 2. The molecule has 2 atom stereocenters. The van der Waals surface area contributed by atoms with E-state index >= 15 is 0 Å². The highest BCUT2D eigenvalue weighted by atomic mass is 16.5. The van der Waals surface area contributed by atoms with Crippen LogP contribution < -0.4 is 10.5 Å². The van der Waals surface area contributed by atoms with Gasteiger partial charge in [0, 0.05) is 25.1 Å². The van der Waals surface area contributed by atoms with Gasteiger partial charge in [0.2, 0.25) is 11.8 Å². The van der Waals surface area contributed by atoms with E-state index in [9.17, 15) is 9.59 Å². The Hall–Kier alpha value is -2.82. The highest BCUT2D eigenvalue weighted by molar-refractivity contribution is 5.92. The van der Waals surface area contributed by atoms with E-state index < -0.39 is 5.91 Å². The summed E-state index contributed by atoms with van der Waals surface area (Å²) < 4.78 is 5.40. The zero-order chi connectivity index (χ0) is 18.0. The van der Waals surface area contributed by atoms with Crippen LogP contribution >= 0.6 is 0 Å². The second-order valence-electron chi connectivity index (χ2n) is 6.45. The lowest BCUT2D eigenvalue weighted by molar-refractivity contribution is -0.131. The number of primary amides is 1. The van der Waals surface area contributed by atoms with Crippen molar-refractivity contribution < 1.29 is 14.3 Å². The van der Waals surface area contributed by atoms with Gasteiger partial charge in [-0.1, -0.05) is 30.3 Å². The average molecular weight is 338 g/mol. The van der Waals surface area contributed by atoms with Gasteiger partial charge in [0.15, 0.2) is 0 Å². The number of nitrogens with two attached hydrogens (primary N) is 1. The molecule has 0 saturated heterocycles. The number of carbonyl (C=O) groups is 2. The molecule has 0 aromatic heterocycles. The van der Waals surface area contributed by atoms with Crippen LogP contribution in [0.4, 0.5) is 0 Å². The van der Waals surface area contributed by atoms with Crippen LogP contribution in [0.5, 0.6) is 5.75 Å². The van der Waals surface area contributed by atoms with Gasteiger partial charge >= 0.3 is 0 Å². The number of hydrogen-bond donors (Lipinski definition) is 1. The number of para-hydroxylation sites is 1. The first-order valence-corrected chi connectivity index (χ1v) is 8.28. The highest BCUT2D eigenvalue weighted by Crippen LogP contribution is 2.51. The Labute approximate surface area is 147 Å². The summed E-state index contributed by atoms with van der Waals surface area (Å²) in [6.45, 7) is 0.453. The van der Waals surface area contributed by atoms with Gasteiger partial charge < -0.3 is 15.4 Å². The van der Waals surface area contributed by atoms with Crippen molar-refractivity contribution in [3.05, 3.63) is 65.2 Å². The predicted molar refractivity (Wildman–Crippen MR) is 95.3 cm³/mol. The standard InChI is InChI=1S/C20H22N2O3/c1-22(12-13-6-5-7-14(10-13)19(21)23)20(24)17-11-16(17)15-8-3-4-9-18(15)25-2/h3-10,16-17H,11-12H2,1-2H3,(H2,21,23)/t16-,17-/m0/s1. The Morgan fingerprint density at radius 1 is 1.20 bits per heavy atom. The molecule has 2 N–H and O–H groups in total. The molecule has 2 aromatic carbocycles. The van der Waals surface area contributed by atoms with E-state index in [-0.39, 0.29) is 17.7 Å². The van der Waals surface area contributed by atoms with Crippen LogP contribution in [0, 0.1) is 5.92 Å². The lowest BCUT2D eigenvalue weighted by Crippen LogP contribution is -2.28. The second-order valence-corrected chi connectivity index (χ2v) is 6.45. The Morgan fingerprint density at radius 2 is 1.96 bits per heavy atom. The summed E-state index contributed by atoms with van der Waals surface area (Å²) in [5, 5.41) is 0. The molecule has 1 aliphatic carbocycles. The predicted octanol–water partition coefficient (Wildman–Crippen LogP) is 2.56. The molecule has 5 heteroatoms. The maximum Gasteiger partial charge on any atom is 0.248 e. The maximum absolute atomic E-state index is 12.7. The molecule has 5 nitrogen and oxygen atoms in total. The number of rotatable bonds is 6. The SMILES string of the molecule is COc1ccccc1[C@@H]1C[C@@H]1C(=O)N(C)Cc1cccc(C(N)=O)c1. The number of methoxy groups -OCH3 is 1. The number of ether oxygens (including phenoxy) is 1. The fraction of sp³-hybridized carbons (Fsp3) is 0.300. The largest absolute Gasteiger partial charge is 0.496 e. The third-order valence-corrected chi connectivity index (χ3v) is 4.65. The third-order valence-electron chi connectivity index (χ3n) is 4.65. The second kappa shape index (κ2) is 6.97. The summed E-state index contributed by atoms with van der Waals surface area (Å²) in [6.07, 6.45) is 0.838. The van der Waals surface area contributed by atoms with Gasteiger partial charge in [-0.25, -0.2) is 0 Å². The van der Waals surface area contributed by atoms with E-state index in [0.29, 0.717) is 12.1 Å². The Balaban J connectivity index is 1.66. The minimum absolute atomic E-state index is 0.0133. The molecule has 0 radical (unpaired) electrons. The minimum Gasteiger partial charge on any atom is -0.496 e. The number of nitrogens with zero attached hydrogens (tertiary/aromatic N) is 1. The molecule has 1 saturated carbocycles. The highest BCUT2D eigenvalue weighted by Gasteiger charge is 2.46. The van der Waals surface area contributed by atoms with Crippen LogP contribution in [-0.2, 0) is 11.3 Å². The van der Waals surface area contributed by atoms with Gasteiger partial charge in [-0.15, -0.1) is 0 Å². The Bertz CT molecular complexity index is 803. The van der Waals surface area contributed by atoms with Crippen molar-refractivity contribution in [2.24, 2.45) is 11.7 Å².